The maximum absolute atomic E-state index is 12.4. The number of rotatable bonds is 6. The van der Waals surface area contributed by atoms with Crippen molar-refractivity contribution in [1.29, 1.82) is 0 Å². The van der Waals surface area contributed by atoms with Gasteiger partial charge < -0.3 is 15.4 Å². The fourth-order valence-corrected chi connectivity index (χ4v) is 4.23. The van der Waals surface area contributed by atoms with Crippen LogP contribution in [0, 0.1) is 0 Å². The highest BCUT2D eigenvalue weighted by molar-refractivity contribution is 7.14. The fraction of sp³-hybridized carbons (Fsp3) is 0.227. The van der Waals surface area contributed by atoms with Gasteiger partial charge in [0.2, 0.25) is 5.91 Å². The number of hydrogen-bond donors (Lipinski definition) is 3. The molecule has 0 unspecified atom stereocenters. The molecule has 1 aliphatic heterocycles. The fourth-order valence-electron chi connectivity index (χ4n) is 3.22. The van der Waals surface area contributed by atoms with Gasteiger partial charge in [0, 0.05) is 35.4 Å². The summed E-state index contributed by atoms with van der Waals surface area (Å²) in [4.78, 5) is 31.2. The van der Waals surface area contributed by atoms with Gasteiger partial charge in [-0.15, -0.1) is 11.3 Å². The van der Waals surface area contributed by atoms with Crippen LogP contribution in [0.1, 0.15) is 0 Å². The van der Waals surface area contributed by atoms with Crippen LogP contribution in [0.15, 0.2) is 47.8 Å². The van der Waals surface area contributed by atoms with E-state index < -0.39 is 6.03 Å². The SMILES string of the molecule is O=C(CN1CCOCC1)Nc1cccc(-c2csc(NC(=O)Nc3ccc(Cl)c(Cl)c3)n2)c1. The van der Waals surface area contributed by atoms with Crippen LogP contribution in [0.25, 0.3) is 11.3 Å². The van der Waals surface area contributed by atoms with Crippen LogP contribution in [-0.2, 0) is 9.53 Å². The van der Waals surface area contributed by atoms with Gasteiger partial charge in [-0.1, -0.05) is 35.3 Å². The molecule has 2 heterocycles. The molecule has 3 amide bonds. The van der Waals surface area contributed by atoms with Crippen LogP contribution in [0.5, 0.6) is 0 Å². The van der Waals surface area contributed by atoms with Gasteiger partial charge in [-0.05, 0) is 30.3 Å². The minimum absolute atomic E-state index is 0.0753. The number of halogens is 2. The van der Waals surface area contributed by atoms with E-state index in [0.717, 1.165) is 18.7 Å². The van der Waals surface area contributed by atoms with Crippen LogP contribution in [-0.4, -0.2) is 54.7 Å². The summed E-state index contributed by atoms with van der Waals surface area (Å²) in [5, 5.41) is 11.3. The average Bonchev–Trinajstić information content (AvgIpc) is 3.25. The summed E-state index contributed by atoms with van der Waals surface area (Å²) in [6.45, 7) is 3.12. The predicted octanol–water partition coefficient (Wildman–Crippen LogP) is 5.03. The number of nitrogens with one attached hydrogen (secondary N) is 3. The molecule has 1 aliphatic rings. The maximum Gasteiger partial charge on any atom is 0.325 e. The van der Waals surface area contributed by atoms with E-state index in [9.17, 15) is 9.59 Å². The van der Waals surface area contributed by atoms with E-state index >= 15 is 0 Å². The summed E-state index contributed by atoms with van der Waals surface area (Å²) in [6, 6.07) is 11.8. The Morgan fingerprint density at radius 2 is 1.79 bits per heavy atom. The normalized spacial score (nSPS) is 14.0. The van der Waals surface area contributed by atoms with Gasteiger partial charge in [-0.25, -0.2) is 9.78 Å². The van der Waals surface area contributed by atoms with Gasteiger partial charge in [0.15, 0.2) is 5.13 Å². The molecule has 1 aromatic heterocycles. The van der Waals surface area contributed by atoms with Crippen LogP contribution >= 0.6 is 34.5 Å². The summed E-state index contributed by atoms with van der Waals surface area (Å²) in [6.07, 6.45) is 0. The number of carbonyl (C=O) groups excluding carboxylic acids is 2. The van der Waals surface area contributed by atoms with Crippen LogP contribution in [0.2, 0.25) is 10.0 Å². The lowest BCUT2D eigenvalue weighted by Crippen LogP contribution is -2.41. The van der Waals surface area contributed by atoms with E-state index in [1.165, 1.54) is 11.3 Å². The molecule has 4 rings (SSSR count). The summed E-state index contributed by atoms with van der Waals surface area (Å²) < 4.78 is 5.31. The number of benzene rings is 2. The molecule has 11 heteroatoms. The number of urea groups is 1. The largest absolute Gasteiger partial charge is 0.379 e. The second-order valence-corrected chi connectivity index (χ2v) is 8.94. The number of ether oxygens (including phenoxy) is 1. The number of thiazole rings is 1. The first-order valence-corrected chi connectivity index (χ1v) is 11.8. The molecule has 172 valence electrons. The molecule has 0 aliphatic carbocycles. The summed E-state index contributed by atoms with van der Waals surface area (Å²) >= 11 is 13.2. The summed E-state index contributed by atoms with van der Waals surface area (Å²) in [5.74, 6) is -0.0753. The highest BCUT2D eigenvalue weighted by Crippen LogP contribution is 2.28. The minimum Gasteiger partial charge on any atom is -0.379 e. The van der Waals surface area contributed by atoms with Gasteiger partial charge >= 0.3 is 6.03 Å². The molecule has 8 nitrogen and oxygen atoms in total. The number of aromatic nitrogens is 1. The lowest BCUT2D eigenvalue weighted by atomic mass is 10.1. The van der Waals surface area contributed by atoms with Crippen LogP contribution in [0.4, 0.5) is 21.3 Å². The lowest BCUT2D eigenvalue weighted by Gasteiger charge is -2.25. The Balaban J connectivity index is 1.35. The summed E-state index contributed by atoms with van der Waals surface area (Å²) in [5.41, 5.74) is 2.72. The Hall–Kier alpha value is -2.69. The van der Waals surface area contributed by atoms with Gasteiger partial charge in [0.1, 0.15) is 0 Å². The minimum atomic E-state index is -0.446. The molecule has 1 saturated heterocycles. The van der Waals surface area contributed by atoms with E-state index in [4.69, 9.17) is 27.9 Å². The zero-order chi connectivity index (χ0) is 23.2. The smallest absolute Gasteiger partial charge is 0.325 e. The molecule has 0 atom stereocenters. The highest BCUT2D eigenvalue weighted by atomic mass is 35.5. The molecule has 3 aromatic rings. The van der Waals surface area contributed by atoms with Gasteiger partial charge in [-0.2, -0.15) is 0 Å². The number of hydrogen-bond acceptors (Lipinski definition) is 6. The van der Waals surface area contributed by atoms with E-state index in [1.807, 2.05) is 29.6 Å². The summed E-state index contributed by atoms with van der Waals surface area (Å²) in [7, 11) is 0. The predicted molar refractivity (Wildman–Crippen MR) is 133 cm³/mol. The maximum atomic E-state index is 12.4. The van der Waals surface area contributed by atoms with Crippen molar-refractivity contribution in [2.75, 3.05) is 48.8 Å². The Labute approximate surface area is 204 Å². The standard InChI is InChI=1S/C22H21Cl2N5O3S/c23-17-5-4-16(11-18(17)24)26-21(31)28-22-27-19(13-33-22)14-2-1-3-15(10-14)25-20(30)12-29-6-8-32-9-7-29/h1-5,10-11,13H,6-9,12H2,(H,25,30)(H2,26,27,28,31). The van der Waals surface area contributed by atoms with Crippen molar-refractivity contribution in [2.45, 2.75) is 0 Å². The number of anilines is 3. The van der Waals surface area contributed by atoms with Gasteiger partial charge in [0.25, 0.3) is 0 Å². The Bertz CT molecular complexity index is 1150. The number of amides is 3. The van der Waals surface area contributed by atoms with Crippen molar-refractivity contribution < 1.29 is 14.3 Å². The lowest BCUT2D eigenvalue weighted by molar-refractivity contribution is -0.118. The molecule has 0 bridgehead atoms. The molecule has 33 heavy (non-hydrogen) atoms. The van der Waals surface area contributed by atoms with Crippen LogP contribution in [0.3, 0.4) is 0 Å². The third-order valence-corrected chi connectivity index (χ3v) is 6.31. The second-order valence-electron chi connectivity index (χ2n) is 7.26. The second kappa shape index (κ2) is 11.0. The molecular weight excluding hydrogens is 485 g/mol. The third kappa shape index (κ3) is 6.66. The zero-order valence-electron chi connectivity index (χ0n) is 17.4. The van der Waals surface area contributed by atoms with Crippen molar-refractivity contribution in [3.63, 3.8) is 0 Å². The van der Waals surface area contributed by atoms with Crippen molar-refractivity contribution in [1.82, 2.24) is 9.88 Å². The van der Waals surface area contributed by atoms with E-state index in [0.29, 0.717) is 52.0 Å². The van der Waals surface area contributed by atoms with E-state index in [1.54, 1.807) is 18.2 Å². The Kier molecular flexibility index (Phi) is 7.79. The van der Waals surface area contributed by atoms with E-state index in [-0.39, 0.29) is 5.91 Å². The Morgan fingerprint density at radius 3 is 2.58 bits per heavy atom. The Morgan fingerprint density at radius 1 is 1.00 bits per heavy atom. The molecule has 2 aromatic carbocycles. The van der Waals surface area contributed by atoms with Crippen molar-refractivity contribution in [3.05, 3.63) is 57.9 Å². The molecular formula is C22H21Cl2N5O3S. The number of carbonyl (C=O) groups is 2. The van der Waals surface area contributed by atoms with E-state index in [2.05, 4.69) is 25.8 Å². The van der Waals surface area contributed by atoms with Gasteiger partial charge in [0.05, 0.1) is 35.5 Å². The topological polar surface area (TPSA) is 95.6 Å². The van der Waals surface area contributed by atoms with Crippen LogP contribution < -0.4 is 16.0 Å². The molecule has 0 saturated carbocycles. The monoisotopic (exact) mass is 505 g/mol. The quantitative estimate of drug-likeness (QED) is 0.436. The number of nitrogens with zero attached hydrogens (tertiary/aromatic N) is 2. The average molecular weight is 506 g/mol. The van der Waals surface area contributed by atoms with Crippen molar-refractivity contribution in [2.24, 2.45) is 0 Å². The number of morpholine rings is 1. The molecule has 3 N–H and O–H groups in total. The third-order valence-electron chi connectivity index (χ3n) is 4.82. The van der Waals surface area contributed by atoms with Crippen molar-refractivity contribution >= 4 is 63.0 Å². The highest BCUT2D eigenvalue weighted by Gasteiger charge is 2.15. The van der Waals surface area contributed by atoms with Crippen molar-refractivity contribution in [3.8, 4) is 11.3 Å². The first-order valence-electron chi connectivity index (χ1n) is 10.2. The first kappa shape index (κ1) is 23.5. The first-order chi connectivity index (χ1) is 16.0. The zero-order valence-corrected chi connectivity index (χ0v) is 19.8. The van der Waals surface area contributed by atoms with Gasteiger partial charge in [-0.3, -0.25) is 15.0 Å². The molecule has 1 fully saturated rings. The molecule has 0 radical (unpaired) electrons. The molecule has 0 spiro atoms.